The number of hydrogen-bond donors (Lipinski definition) is 1. The Balaban J connectivity index is 2.07. The van der Waals surface area contributed by atoms with E-state index >= 15 is 0 Å². The van der Waals surface area contributed by atoms with E-state index in [-0.39, 0.29) is 24.3 Å². The van der Waals surface area contributed by atoms with E-state index in [0.717, 1.165) is 31.4 Å². The number of alkyl halides is 3. The zero-order valence-corrected chi connectivity index (χ0v) is 13.2. The van der Waals surface area contributed by atoms with Gasteiger partial charge in [-0.05, 0) is 30.9 Å². The summed E-state index contributed by atoms with van der Waals surface area (Å²) in [6.07, 6.45) is -2.00. The molecule has 0 aliphatic carbocycles. The third-order valence-corrected chi connectivity index (χ3v) is 4.71. The Morgan fingerprint density at radius 3 is 2.74 bits per heavy atom. The summed E-state index contributed by atoms with van der Waals surface area (Å²) >= 11 is 0. The van der Waals surface area contributed by atoms with Gasteiger partial charge < -0.3 is 10.0 Å². The molecular formula is C17H22F3NO2. The Labute approximate surface area is 134 Å². The van der Waals surface area contributed by atoms with Crippen LogP contribution in [-0.2, 0) is 17.4 Å². The highest BCUT2D eigenvalue weighted by Crippen LogP contribution is 2.33. The average Bonchev–Trinajstić information content (AvgIpc) is 2.54. The van der Waals surface area contributed by atoms with Crippen molar-refractivity contribution < 1.29 is 23.1 Å². The van der Waals surface area contributed by atoms with E-state index in [0.29, 0.717) is 18.7 Å². The van der Waals surface area contributed by atoms with Crippen molar-refractivity contribution in [1.29, 1.82) is 0 Å². The van der Waals surface area contributed by atoms with Gasteiger partial charge in [-0.25, -0.2) is 0 Å². The molecule has 2 rings (SSSR count). The Hall–Kier alpha value is -1.56. The van der Waals surface area contributed by atoms with Crippen LogP contribution in [0.1, 0.15) is 37.3 Å². The number of benzene rings is 1. The summed E-state index contributed by atoms with van der Waals surface area (Å²) in [7, 11) is 0. The monoisotopic (exact) mass is 329 g/mol. The molecule has 1 fully saturated rings. The van der Waals surface area contributed by atoms with Gasteiger partial charge in [0.2, 0.25) is 5.91 Å². The van der Waals surface area contributed by atoms with Crippen LogP contribution in [-0.4, -0.2) is 35.6 Å². The molecule has 1 saturated heterocycles. The van der Waals surface area contributed by atoms with E-state index in [1.54, 1.807) is 4.90 Å². The van der Waals surface area contributed by atoms with Crippen molar-refractivity contribution in [3.05, 3.63) is 35.4 Å². The first-order valence-electron chi connectivity index (χ1n) is 7.84. The largest absolute Gasteiger partial charge is 0.416 e. The van der Waals surface area contributed by atoms with E-state index in [4.69, 9.17) is 0 Å². The van der Waals surface area contributed by atoms with Crippen LogP contribution in [0.25, 0.3) is 0 Å². The molecule has 1 heterocycles. The highest BCUT2D eigenvalue weighted by molar-refractivity contribution is 5.79. The summed E-state index contributed by atoms with van der Waals surface area (Å²) in [6, 6.07) is 4.89. The molecule has 3 nitrogen and oxygen atoms in total. The second-order valence-corrected chi connectivity index (χ2v) is 6.31. The number of carbonyl (C=O) groups is 1. The first kappa shape index (κ1) is 17.8. The minimum atomic E-state index is -4.40. The number of halogens is 3. The zero-order chi connectivity index (χ0) is 17.1. The van der Waals surface area contributed by atoms with Crippen LogP contribution >= 0.6 is 0 Å². The lowest BCUT2D eigenvalue weighted by Crippen LogP contribution is -2.48. The molecule has 0 saturated carbocycles. The van der Waals surface area contributed by atoms with Gasteiger partial charge in [0.05, 0.1) is 18.6 Å². The predicted molar refractivity (Wildman–Crippen MR) is 80.8 cm³/mol. The van der Waals surface area contributed by atoms with Crippen LogP contribution in [0.5, 0.6) is 0 Å². The Bertz CT molecular complexity index is 553. The lowest BCUT2D eigenvalue weighted by atomic mass is 9.78. The van der Waals surface area contributed by atoms with Crippen molar-refractivity contribution in [2.24, 2.45) is 5.41 Å². The van der Waals surface area contributed by atoms with E-state index in [1.807, 2.05) is 6.92 Å². The fourth-order valence-corrected chi connectivity index (χ4v) is 3.09. The number of likely N-dealkylation sites (tertiary alicyclic amines) is 1. The first-order valence-corrected chi connectivity index (χ1v) is 7.84. The molecule has 0 radical (unpaired) electrons. The van der Waals surface area contributed by atoms with Gasteiger partial charge in [0.25, 0.3) is 0 Å². The minimum Gasteiger partial charge on any atom is -0.396 e. The molecule has 1 amide bonds. The van der Waals surface area contributed by atoms with Gasteiger partial charge in [0, 0.05) is 18.5 Å². The Kier molecular flexibility index (Phi) is 5.34. The van der Waals surface area contributed by atoms with Crippen LogP contribution in [0.2, 0.25) is 0 Å². The lowest BCUT2D eigenvalue weighted by molar-refractivity contribution is -0.138. The molecule has 128 valence electrons. The number of piperidine rings is 1. The second-order valence-electron chi connectivity index (χ2n) is 6.31. The van der Waals surface area contributed by atoms with Crippen LogP contribution in [0.4, 0.5) is 13.2 Å². The molecule has 0 spiro atoms. The quantitative estimate of drug-likeness (QED) is 0.921. The summed E-state index contributed by atoms with van der Waals surface area (Å²) in [5.74, 6) is -0.185. The summed E-state index contributed by atoms with van der Waals surface area (Å²) in [5, 5.41) is 9.59. The number of hydrogen-bond acceptors (Lipinski definition) is 2. The van der Waals surface area contributed by atoms with E-state index < -0.39 is 11.7 Å². The third-order valence-electron chi connectivity index (χ3n) is 4.71. The zero-order valence-electron chi connectivity index (χ0n) is 13.2. The van der Waals surface area contributed by atoms with Gasteiger partial charge in [-0.2, -0.15) is 13.2 Å². The molecule has 0 unspecified atom stereocenters. The smallest absolute Gasteiger partial charge is 0.396 e. The first-order chi connectivity index (χ1) is 10.8. The number of amides is 1. The number of carbonyl (C=O) groups excluding carboxylic acids is 1. The van der Waals surface area contributed by atoms with E-state index in [2.05, 4.69) is 0 Å². The highest BCUT2D eigenvalue weighted by atomic mass is 19.4. The van der Waals surface area contributed by atoms with Gasteiger partial charge in [-0.1, -0.05) is 25.1 Å². The molecule has 1 atom stereocenters. The van der Waals surface area contributed by atoms with Crippen molar-refractivity contribution in [1.82, 2.24) is 4.90 Å². The van der Waals surface area contributed by atoms with E-state index in [9.17, 15) is 23.1 Å². The number of nitrogens with zero attached hydrogens (tertiary/aromatic N) is 1. The predicted octanol–water partition coefficient (Wildman–Crippen LogP) is 3.26. The van der Waals surface area contributed by atoms with Gasteiger partial charge in [0.1, 0.15) is 0 Å². The molecule has 0 aromatic heterocycles. The second kappa shape index (κ2) is 6.91. The summed E-state index contributed by atoms with van der Waals surface area (Å²) < 4.78 is 38.2. The lowest BCUT2D eigenvalue weighted by Gasteiger charge is -2.41. The minimum absolute atomic E-state index is 0.0246. The topological polar surface area (TPSA) is 40.5 Å². The standard InChI is InChI=1S/C17H22F3NO2/c1-2-16(12-22)7-4-8-21(11-16)15(23)10-13-5-3-6-14(9-13)17(18,19)20/h3,5-6,9,22H,2,4,7-8,10-12H2,1H3/t16-/m1/s1. The van der Waals surface area contributed by atoms with Crippen molar-refractivity contribution in [2.45, 2.75) is 38.8 Å². The van der Waals surface area contributed by atoms with Gasteiger partial charge in [-0.3, -0.25) is 4.79 Å². The number of aliphatic hydroxyl groups excluding tert-OH is 1. The molecule has 1 N–H and O–H groups in total. The molecule has 1 aliphatic rings. The SMILES string of the molecule is CC[C@@]1(CO)CCCN(C(=O)Cc2cccc(C(F)(F)F)c2)C1. The van der Waals surface area contributed by atoms with Gasteiger partial charge >= 0.3 is 6.18 Å². The van der Waals surface area contributed by atoms with Gasteiger partial charge in [0.15, 0.2) is 0 Å². The van der Waals surface area contributed by atoms with Gasteiger partial charge in [-0.15, -0.1) is 0 Å². The normalized spacial score (nSPS) is 22.2. The fourth-order valence-electron chi connectivity index (χ4n) is 3.09. The summed E-state index contributed by atoms with van der Waals surface area (Å²) in [6.45, 7) is 3.07. The Morgan fingerprint density at radius 2 is 2.13 bits per heavy atom. The maximum atomic E-state index is 12.7. The molecule has 1 aliphatic heterocycles. The highest BCUT2D eigenvalue weighted by Gasteiger charge is 2.35. The molecule has 1 aromatic carbocycles. The van der Waals surface area contributed by atoms with E-state index in [1.165, 1.54) is 12.1 Å². The summed E-state index contributed by atoms with van der Waals surface area (Å²) in [5.41, 5.74) is -0.650. The maximum absolute atomic E-state index is 12.7. The summed E-state index contributed by atoms with van der Waals surface area (Å²) in [4.78, 5) is 14.1. The average molecular weight is 329 g/mol. The third kappa shape index (κ3) is 4.25. The van der Waals surface area contributed by atoms with Crippen LogP contribution in [0.15, 0.2) is 24.3 Å². The molecule has 23 heavy (non-hydrogen) atoms. The maximum Gasteiger partial charge on any atom is 0.416 e. The Morgan fingerprint density at radius 1 is 1.39 bits per heavy atom. The van der Waals surface area contributed by atoms with Crippen LogP contribution in [0.3, 0.4) is 0 Å². The molecule has 1 aromatic rings. The molecule has 6 heteroatoms. The fraction of sp³-hybridized carbons (Fsp3) is 0.588. The van der Waals surface area contributed by atoms with Crippen molar-refractivity contribution >= 4 is 5.91 Å². The van der Waals surface area contributed by atoms with Crippen molar-refractivity contribution in [3.63, 3.8) is 0 Å². The van der Waals surface area contributed by atoms with Crippen molar-refractivity contribution in [2.75, 3.05) is 19.7 Å². The number of aliphatic hydroxyl groups is 1. The number of rotatable bonds is 4. The molecular weight excluding hydrogens is 307 g/mol. The van der Waals surface area contributed by atoms with Crippen molar-refractivity contribution in [3.8, 4) is 0 Å². The van der Waals surface area contributed by atoms with Crippen LogP contribution < -0.4 is 0 Å². The van der Waals surface area contributed by atoms with Crippen LogP contribution in [0, 0.1) is 5.41 Å². The molecule has 0 bridgehead atoms.